The van der Waals surface area contributed by atoms with E-state index in [9.17, 15) is 0 Å². The van der Waals surface area contributed by atoms with Crippen molar-refractivity contribution in [1.82, 2.24) is 19.7 Å². The summed E-state index contributed by atoms with van der Waals surface area (Å²) in [6.45, 7) is 6.47. The van der Waals surface area contributed by atoms with Gasteiger partial charge in [-0.3, -0.25) is 0 Å². The Kier molecular flexibility index (Phi) is 3.19. The van der Waals surface area contributed by atoms with E-state index >= 15 is 0 Å². The minimum atomic E-state index is 0.641. The molecular weight excluding hydrogens is 214 g/mol. The molecule has 5 heteroatoms. The lowest BCUT2D eigenvalue weighted by Gasteiger charge is -2.07. The quantitative estimate of drug-likeness (QED) is 0.858. The van der Waals surface area contributed by atoms with Crippen molar-refractivity contribution in [1.29, 1.82) is 0 Å². The van der Waals surface area contributed by atoms with Gasteiger partial charge in [-0.2, -0.15) is 4.68 Å². The molecule has 0 atom stereocenters. The monoisotopic (exact) mass is 231 g/mol. The average Bonchev–Trinajstić information content (AvgIpc) is 2.58. The third-order valence-electron chi connectivity index (χ3n) is 2.62. The van der Waals surface area contributed by atoms with E-state index in [2.05, 4.69) is 21.1 Å². The molecule has 0 aromatic carbocycles. The van der Waals surface area contributed by atoms with Crippen LogP contribution in [0.4, 0.5) is 0 Å². The fourth-order valence-corrected chi connectivity index (χ4v) is 1.87. The molecule has 0 fully saturated rings. The number of pyridine rings is 1. The first kappa shape index (κ1) is 11.7. The normalized spacial score (nSPS) is 10.8. The molecule has 2 aromatic heterocycles. The Balaban J connectivity index is 2.43. The van der Waals surface area contributed by atoms with Gasteiger partial charge in [-0.1, -0.05) is 6.07 Å². The SMILES string of the molecule is Cc1nc(C)n(-c2ncc(CCN)cc2C)n1. The topological polar surface area (TPSA) is 69.6 Å². The first-order chi connectivity index (χ1) is 8.11. The second kappa shape index (κ2) is 4.63. The van der Waals surface area contributed by atoms with E-state index in [0.29, 0.717) is 6.54 Å². The van der Waals surface area contributed by atoms with Gasteiger partial charge in [0.25, 0.3) is 0 Å². The minimum Gasteiger partial charge on any atom is -0.330 e. The Morgan fingerprint density at radius 1 is 1.29 bits per heavy atom. The average molecular weight is 231 g/mol. The van der Waals surface area contributed by atoms with Crippen molar-refractivity contribution in [3.63, 3.8) is 0 Å². The second-order valence-corrected chi connectivity index (χ2v) is 4.14. The summed E-state index contributed by atoms with van der Waals surface area (Å²) in [7, 11) is 0. The van der Waals surface area contributed by atoms with E-state index in [1.165, 1.54) is 0 Å². The molecule has 0 unspecified atom stereocenters. The maximum Gasteiger partial charge on any atom is 0.158 e. The van der Waals surface area contributed by atoms with Gasteiger partial charge in [0.15, 0.2) is 5.82 Å². The van der Waals surface area contributed by atoms with Gasteiger partial charge in [-0.15, -0.1) is 5.10 Å². The maximum absolute atomic E-state index is 5.53. The van der Waals surface area contributed by atoms with Gasteiger partial charge in [0.05, 0.1) is 0 Å². The molecule has 0 saturated carbocycles. The summed E-state index contributed by atoms with van der Waals surface area (Å²) >= 11 is 0. The third-order valence-corrected chi connectivity index (χ3v) is 2.62. The Labute approximate surface area is 101 Å². The highest BCUT2D eigenvalue weighted by atomic mass is 15.4. The summed E-state index contributed by atoms with van der Waals surface area (Å²) in [6, 6.07) is 2.10. The van der Waals surface area contributed by atoms with Gasteiger partial charge in [0.1, 0.15) is 11.6 Å². The minimum absolute atomic E-state index is 0.641. The summed E-state index contributed by atoms with van der Waals surface area (Å²) in [5.41, 5.74) is 7.77. The molecule has 2 heterocycles. The molecule has 0 radical (unpaired) electrons. The molecule has 0 spiro atoms. The summed E-state index contributed by atoms with van der Waals surface area (Å²) < 4.78 is 1.77. The van der Waals surface area contributed by atoms with Crippen LogP contribution in [0.5, 0.6) is 0 Å². The van der Waals surface area contributed by atoms with Gasteiger partial charge in [-0.25, -0.2) is 9.97 Å². The molecule has 0 bridgehead atoms. The smallest absolute Gasteiger partial charge is 0.158 e. The van der Waals surface area contributed by atoms with E-state index < -0.39 is 0 Å². The lowest BCUT2D eigenvalue weighted by molar-refractivity contribution is 0.792. The lowest BCUT2D eigenvalue weighted by Crippen LogP contribution is -2.07. The fraction of sp³-hybridized carbons (Fsp3) is 0.417. The molecule has 0 aliphatic carbocycles. The second-order valence-electron chi connectivity index (χ2n) is 4.14. The highest BCUT2D eigenvalue weighted by Crippen LogP contribution is 2.13. The van der Waals surface area contributed by atoms with Crippen LogP contribution >= 0.6 is 0 Å². The van der Waals surface area contributed by atoms with Crippen LogP contribution in [0.2, 0.25) is 0 Å². The van der Waals surface area contributed by atoms with Gasteiger partial charge < -0.3 is 5.73 Å². The molecule has 0 aliphatic rings. The predicted molar refractivity (Wildman–Crippen MR) is 66.1 cm³/mol. The molecule has 0 aliphatic heterocycles. The molecule has 5 nitrogen and oxygen atoms in total. The maximum atomic E-state index is 5.53. The van der Waals surface area contributed by atoms with Crippen LogP contribution in [-0.2, 0) is 6.42 Å². The highest BCUT2D eigenvalue weighted by molar-refractivity contribution is 5.35. The van der Waals surface area contributed by atoms with Gasteiger partial charge in [0, 0.05) is 6.20 Å². The van der Waals surface area contributed by atoms with Crippen molar-refractivity contribution < 1.29 is 0 Å². The first-order valence-electron chi connectivity index (χ1n) is 5.68. The fourth-order valence-electron chi connectivity index (χ4n) is 1.87. The van der Waals surface area contributed by atoms with Crippen LogP contribution in [0.15, 0.2) is 12.3 Å². The van der Waals surface area contributed by atoms with Crippen molar-refractivity contribution in [3.8, 4) is 5.82 Å². The Morgan fingerprint density at radius 3 is 2.59 bits per heavy atom. The van der Waals surface area contributed by atoms with E-state index in [1.807, 2.05) is 27.0 Å². The molecule has 2 rings (SSSR count). The molecule has 2 N–H and O–H groups in total. The molecular formula is C12H17N5. The van der Waals surface area contributed by atoms with Crippen LogP contribution < -0.4 is 5.73 Å². The van der Waals surface area contributed by atoms with Crippen molar-refractivity contribution in [2.45, 2.75) is 27.2 Å². The number of hydrogen-bond donors (Lipinski definition) is 1. The molecule has 17 heavy (non-hydrogen) atoms. The van der Waals surface area contributed by atoms with Crippen LogP contribution in [-0.4, -0.2) is 26.3 Å². The van der Waals surface area contributed by atoms with E-state index in [4.69, 9.17) is 5.73 Å². The van der Waals surface area contributed by atoms with E-state index in [-0.39, 0.29) is 0 Å². The van der Waals surface area contributed by atoms with Crippen molar-refractivity contribution in [2.24, 2.45) is 5.73 Å². The highest BCUT2D eigenvalue weighted by Gasteiger charge is 2.09. The number of aryl methyl sites for hydroxylation is 3. The molecule has 2 aromatic rings. The standard InChI is InChI=1S/C12H17N5/c1-8-6-11(4-5-13)7-14-12(8)17-10(3)15-9(2)16-17/h6-7H,4-5,13H2,1-3H3. The van der Waals surface area contributed by atoms with Crippen LogP contribution in [0, 0.1) is 20.8 Å². The van der Waals surface area contributed by atoms with Crippen LogP contribution in [0.25, 0.3) is 5.82 Å². The molecule has 0 saturated heterocycles. The van der Waals surface area contributed by atoms with Crippen LogP contribution in [0.3, 0.4) is 0 Å². The van der Waals surface area contributed by atoms with Crippen molar-refractivity contribution in [2.75, 3.05) is 6.54 Å². The van der Waals surface area contributed by atoms with Gasteiger partial charge in [0.2, 0.25) is 0 Å². The zero-order valence-electron chi connectivity index (χ0n) is 10.4. The van der Waals surface area contributed by atoms with Crippen molar-refractivity contribution >= 4 is 0 Å². The summed E-state index contributed by atoms with van der Waals surface area (Å²) in [6.07, 6.45) is 2.70. The summed E-state index contributed by atoms with van der Waals surface area (Å²) in [4.78, 5) is 8.73. The van der Waals surface area contributed by atoms with E-state index in [1.54, 1.807) is 4.68 Å². The van der Waals surface area contributed by atoms with Crippen molar-refractivity contribution in [3.05, 3.63) is 35.0 Å². The summed E-state index contributed by atoms with van der Waals surface area (Å²) in [5.74, 6) is 2.45. The Hall–Kier alpha value is -1.75. The lowest BCUT2D eigenvalue weighted by atomic mass is 10.1. The Bertz CT molecular complexity index is 530. The van der Waals surface area contributed by atoms with E-state index in [0.717, 1.165) is 35.0 Å². The zero-order valence-corrected chi connectivity index (χ0v) is 10.4. The van der Waals surface area contributed by atoms with Crippen LogP contribution in [0.1, 0.15) is 22.8 Å². The third kappa shape index (κ3) is 2.34. The van der Waals surface area contributed by atoms with Gasteiger partial charge in [-0.05, 0) is 44.9 Å². The summed E-state index contributed by atoms with van der Waals surface area (Å²) in [5, 5.41) is 4.34. The number of aromatic nitrogens is 4. The Morgan fingerprint density at radius 2 is 2.06 bits per heavy atom. The number of nitrogens with two attached hydrogens (primary N) is 1. The molecule has 0 amide bonds. The van der Waals surface area contributed by atoms with Gasteiger partial charge >= 0.3 is 0 Å². The predicted octanol–water partition coefficient (Wildman–Crippen LogP) is 1.09. The number of rotatable bonds is 3. The molecule has 90 valence electrons. The largest absolute Gasteiger partial charge is 0.330 e. The number of hydrogen-bond acceptors (Lipinski definition) is 4. The zero-order chi connectivity index (χ0) is 12.4. The number of nitrogens with zero attached hydrogens (tertiary/aromatic N) is 4. The first-order valence-corrected chi connectivity index (χ1v) is 5.68.